The highest BCUT2D eigenvalue weighted by Crippen LogP contribution is 2.37. The summed E-state index contributed by atoms with van der Waals surface area (Å²) in [5, 5.41) is 6.73. The van der Waals surface area contributed by atoms with Crippen molar-refractivity contribution in [1.29, 1.82) is 0 Å². The number of hydrogen-bond acceptors (Lipinski definition) is 5. The molecule has 1 saturated heterocycles. The molecule has 9 unspecified atom stereocenters. The number of carbonyl (C=O) groups is 1. The van der Waals surface area contributed by atoms with Gasteiger partial charge in [0.15, 0.2) is 0 Å². The molecule has 2 aliphatic carbocycles. The van der Waals surface area contributed by atoms with E-state index in [9.17, 15) is 9.18 Å². The molecule has 7 nitrogen and oxygen atoms in total. The van der Waals surface area contributed by atoms with Crippen LogP contribution < -0.4 is 10.6 Å². The van der Waals surface area contributed by atoms with Crippen LogP contribution in [0, 0.1) is 17.8 Å². The number of carbonyl (C=O) groups excluding carboxylic acids is 1. The van der Waals surface area contributed by atoms with Crippen molar-refractivity contribution in [3.8, 4) is 0 Å². The molecule has 4 rings (SSSR count). The van der Waals surface area contributed by atoms with Gasteiger partial charge in [-0.15, -0.1) is 11.6 Å². The third kappa shape index (κ3) is 6.96. The van der Waals surface area contributed by atoms with Crippen molar-refractivity contribution in [2.45, 2.75) is 107 Å². The van der Waals surface area contributed by atoms with Gasteiger partial charge in [0, 0.05) is 50.6 Å². The maximum absolute atomic E-state index is 13.9. The van der Waals surface area contributed by atoms with E-state index in [1.54, 1.807) is 20.4 Å². The number of halogens is 2. The van der Waals surface area contributed by atoms with Crippen LogP contribution in [0.3, 0.4) is 0 Å². The minimum absolute atomic E-state index is 0.0233. The minimum Gasteiger partial charge on any atom is -0.381 e. The second kappa shape index (κ2) is 12.3. The fraction of sp³-hybridized carbons (Fsp3) is 0.846. The largest absolute Gasteiger partial charge is 0.381 e. The molecule has 2 heterocycles. The Kier molecular flexibility index (Phi) is 9.47. The fourth-order valence-electron chi connectivity index (χ4n) is 6.54. The lowest BCUT2D eigenvalue weighted by Gasteiger charge is -2.43. The SMILES string of the molecule is COC1CC(OC)CC(C(C)NC(=O)C2CC(Cn3ccnc3)CC(C3CCC(F)CC3Cl)N2)C1. The molecule has 1 aliphatic heterocycles. The average Bonchev–Trinajstić information content (AvgIpc) is 3.36. The number of aromatic nitrogens is 2. The summed E-state index contributed by atoms with van der Waals surface area (Å²) >= 11 is 6.65. The van der Waals surface area contributed by atoms with E-state index >= 15 is 0 Å². The standard InChI is InChI=1S/C26H42ClFN4O3/c1-16(18-10-20(34-2)13-21(11-18)35-3)30-26(33)25-9-17(14-32-7-6-29-15-32)8-24(31-25)22-5-4-19(28)12-23(22)27/h6-7,15-25,31H,4-5,8-14H2,1-3H3,(H,30,33). The van der Waals surface area contributed by atoms with Crippen LogP contribution in [0.15, 0.2) is 18.7 Å². The molecule has 35 heavy (non-hydrogen) atoms. The number of piperidine rings is 1. The molecule has 2 N–H and O–H groups in total. The van der Waals surface area contributed by atoms with Crippen LogP contribution in [-0.4, -0.2) is 71.6 Å². The van der Waals surface area contributed by atoms with Gasteiger partial charge in [-0.25, -0.2) is 9.37 Å². The molecular weight excluding hydrogens is 471 g/mol. The number of nitrogens with zero attached hydrogens (tertiary/aromatic N) is 2. The number of ether oxygens (including phenoxy) is 2. The Labute approximate surface area is 213 Å². The number of amides is 1. The third-order valence-electron chi connectivity index (χ3n) is 8.59. The topological polar surface area (TPSA) is 77.4 Å². The van der Waals surface area contributed by atoms with Gasteiger partial charge in [-0.3, -0.25) is 4.79 Å². The van der Waals surface area contributed by atoms with Crippen molar-refractivity contribution < 1.29 is 18.7 Å². The lowest BCUT2D eigenvalue weighted by atomic mass is 9.75. The van der Waals surface area contributed by atoms with E-state index in [-0.39, 0.29) is 47.5 Å². The second-order valence-electron chi connectivity index (χ2n) is 11.0. The third-order valence-corrected chi connectivity index (χ3v) is 9.09. The molecule has 9 heteroatoms. The van der Waals surface area contributed by atoms with Gasteiger partial charge < -0.3 is 24.7 Å². The highest BCUT2D eigenvalue weighted by molar-refractivity contribution is 6.20. The first-order chi connectivity index (χ1) is 16.9. The Morgan fingerprint density at radius 2 is 1.91 bits per heavy atom. The first kappa shape index (κ1) is 26.8. The lowest BCUT2D eigenvalue weighted by molar-refractivity contribution is -0.126. The molecule has 1 aromatic heterocycles. The van der Waals surface area contributed by atoms with Crippen molar-refractivity contribution in [1.82, 2.24) is 20.2 Å². The Morgan fingerprint density at radius 3 is 2.54 bits per heavy atom. The molecule has 0 radical (unpaired) electrons. The van der Waals surface area contributed by atoms with Crippen molar-refractivity contribution >= 4 is 17.5 Å². The van der Waals surface area contributed by atoms with E-state index in [1.807, 2.05) is 12.5 Å². The van der Waals surface area contributed by atoms with Gasteiger partial charge in [-0.2, -0.15) is 0 Å². The van der Waals surface area contributed by atoms with Gasteiger partial charge in [-0.05, 0) is 76.0 Å². The second-order valence-corrected chi connectivity index (χ2v) is 11.6. The molecule has 0 aromatic carbocycles. The minimum atomic E-state index is -0.818. The highest BCUT2D eigenvalue weighted by Gasteiger charge is 2.41. The number of methoxy groups -OCH3 is 2. The zero-order valence-corrected chi connectivity index (χ0v) is 22.0. The van der Waals surface area contributed by atoms with E-state index in [1.165, 1.54) is 0 Å². The summed E-state index contributed by atoms with van der Waals surface area (Å²) in [7, 11) is 3.49. The van der Waals surface area contributed by atoms with Gasteiger partial charge in [0.2, 0.25) is 5.91 Å². The Balaban J connectivity index is 1.42. The Morgan fingerprint density at radius 1 is 1.17 bits per heavy atom. The maximum Gasteiger partial charge on any atom is 0.237 e. The van der Waals surface area contributed by atoms with Crippen LogP contribution in [0.4, 0.5) is 4.39 Å². The van der Waals surface area contributed by atoms with Crippen molar-refractivity contribution in [2.24, 2.45) is 17.8 Å². The van der Waals surface area contributed by atoms with Crippen LogP contribution >= 0.6 is 11.6 Å². The number of hydrogen-bond donors (Lipinski definition) is 2. The van der Waals surface area contributed by atoms with E-state index in [2.05, 4.69) is 27.1 Å². The molecule has 0 spiro atoms. The number of imidazole rings is 1. The molecular formula is C26H42ClFN4O3. The number of rotatable bonds is 8. The fourth-order valence-corrected chi connectivity index (χ4v) is 7.04. The molecule has 1 amide bonds. The molecule has 1 aromatic rings. The van der Waals surface area contributed by atoms with Crippen molar-refractivity contribution in [3.05, 3.63) is 18.7 Å². The molecule has 3 aliphatic rings. The summed E-state index contributed by atoms with van der Waals surface area (Å²) in [4.78, 5) is 17.7. The summed E-state index contributed by atoms with van der Waals surface area (Å²) in [6.07, 6.45) is 11.2. The molecule has 9 atom stereocenters. The summed E-state index contributed by atoms with van der Waals surface area (Å²) in [6, 6.07) is -0.171. The number of nitrogens with one attached hydrogen (secondary N) is 2. The Hall–Kier alpha value is -1.22. The predicted octanol–water partition coefficient (Wildman–Crippen LogP) is 3.70. The summed E-state index contributed by atoms with van der Waals surface area (Å²) in [5.74, 6) is 0.830. The molecule has 198 valence electrons. The summed E-state index contributed by atoms with van der Waals surface area (Å²) in [5.41, 5.74) is 0. The van der Waals surface area contributed by atoms with Crippen LogP contribution in [0.2, 0.25) is 0 Å². The van der Waals surface area contributed by atoms with E-state index in [0.29, 0.717) is 24.7 Å². The van der Waals surface area contributed by atoms with Gasteiger partial charge >= 0.3 is 0 Å². The lowest BCUT2D eigenvalue weighted by Crippen LogP contribution is -2.59. The van der Waals surface area contributed by atoms with Crippen LogP contribution in [0.25, 0.3) is 0 Å². The Bertz CT molecular complexity index is 788. The van der Waals surface area contributed by atoms with E-state index < -0.39 is 6.17 Å². The summed E-state index contributed by atoms with van der Waals surface area (Å²) in [6.45, 7) is 2.91. The van der Waals surface area contributed by atoms with Crippen LogP contribution in [-0.2, 0) is 20.8 Å². The maximum atomic E-state index is 13.9. The first-order valence-corrected chi connectivity index (χ1v) is 13.7. The van der Waals surface area contributed by atoms with Gasteiger partial charge in [0.25, 0.3) is 0 Å². The van der Waals surface area contributed by atoms with Gasteiger partial charge in [-0.1, -0.05) is 0 Å². The summed E-state index contributed by atoms with van der Waals surface area (Å²) < 4.78 is 27.3. The smallest absolute Gasteiger partial charge is 0.237 e. The quantitative estimate of drug-likeness (QED) is 0.519. The molecule has 2 saturated carbocycles. The predicted molar refractivity (Wildman–Crippen MR) is 134 cm³/mol. The van der Waals surface area contributed by atoms with Gasteiger partial charge in [0.05, 0.1) is 24.6 Å². The van der Waals surface area contributed by atoms with Crippen LogP contribution in [0.5, 0.6) is 0 Å². The normalized spacial score (nSPS) is 39.2. The van der Waals surface area contributed by atoms with Gasteiger partial charge in [0.1, 0.15) is 6.17 Å². The first-order valence-electron chi connectivity index (χ1n) is 13.2. The zero-order chi connectivity index (χ0) is 24.9. The van der Waals surface area contributed by atoms with Crippen molar-refractivity contribution in [3.63, 3.8) is 0 Å². The van der Waals surface area contributed by atoms with Crippen molar-refractivity contribution in [2.75, 3.05) is 14.2 Å². The van der Waals surface area contributed by atoms with E-state index in [4.69, 9.17) is 21.1 Å². The monoisotopic (exact) mass is 512 g/mol. The average molecular weight is 513 g/mol. The number of alkyl halides is 2. The zero-order valence-electron chi connectivity index (χ0n) is 21.2. The molecule has 3 fully saturated rings. The van der Waals surface area contributed by atoms with Crippen LogP contribution in [0.1, 0.15) is 58.3 Å². The molecule has 0 bridgehead atoms. The van der Waals surface area contributed by atoms with E-state index in [0.717, 1.165) is 45.1 Å². The highest BCUT2D eigenvalue weighted by atomic mass is 35.5.